The molecular formula is C11H15N3O2S2. The van der Waals surface area contributed by atoms with Crippen molar-refractivity contribution >= 4 is 38.5 Å². The summed E-state index contributed by atoms with van der Waals surface area (Å²) in [7, 11) is -2.89. The van der Waals surface area contributed by atoms with Gasteiger partial charge < -0.3 is 16.4 Å². The number of benzene rings is 1. The van der Waals surface area contributed by atoms with E-state index in [0.29, 0.717) is 17.2 Å². The van der Waals surface area contributed by atoms with Crippen molar-refractivity contribution in [3.8, 4) is 0 Å². The SMILES string of the molecule is Nc1ccc(NC(=S)NC2CCS(=O)(=O)C2)cc1. The van der Waals surface area contributed by atoms with E-state index in [1.165, 1.54) is 0 Å². The summed E-state index contributed by atoms with van der Waals surface area (Å²) in [4.78, 5) is 0. The second-order valence-electron chi connectivity index (χ2n) is 4.32. The van der Waals surface area contributed by atoms with E-state index in [0.717, 1.165) is 5.69 Å². The molecule has 1 aromatic carbocycles. The predicted octanol–water partition coefficient (Wildman–Crippen LogP) is 0.742. The minimum Gasteiger partial charge on any atom is -0.399 e. The number of thiocarbonyl (C=S) groups is 1. The number of hydrogen-bond donors (Lipinski definition) is 3. The van der Waals surface area contributed by atoms with Crippen LogP contribution in [-0.4, -0.2) is 31.1 Å². The van der Waals surface area contributed by atoms with Crippen LogP contribution in [0.4, 0.5) is 11.4 Å². The highest BCUT2D eigenvalue weighted by atomic mass is 32.2. The second kappa shape index (κ2) is 5.11. The van der Waals surface area contributed by atoms with E-state index in [-0.39, 0.29) is 17.5 Å². The number of sulfone groups is 1. The highest BCUT2D eigenvalue weighted by molar-refractivity contribution is 7.91. The molecule has 0 radical (unpaired) electrons. The molecule has 0 saturated carbocycles. The first kappa shape index (κ1) is 13.1. The molecule has 5 nitrogen and oxygen atoms in total. The molecule has 7 heteroatoms. The molecule has 1 saturated heterocycles. The molecule has 2 rings (SSSR count). The predicted molar refractivity (Wildman–Crippen MR) is 77.3 cm³/mol. The molecule has 98 valence electrons. The largest absolute Gasteiger partial charge is 0.399 e. The van der Waals surface area contributed by atoms with Gasteiger partial charge in [-0.2, -0.15) is 0 Å². The Bertz CT molecular complexity index is 540. The molecule has 1 aliphatic rings. The Hall–Kier alpha value is -1.34. The van der Waals surface area contributed by atoms with Gasteiger partial charge in [-0.3, -0.25) is 0 Å². The fourth-order valence-electron chi connectivity index (χ4n) is 1.83. The number of nitrogens with one attached hydrogen (secondary N) is 2. The van der Waals surface area contributed by atoms with Gasteiger partial charge in [0.1, 0.15) is 0 Å². The standard InChI is InChI=1S/C11H15N3O2S2/c12-8-1-3-9(4-2-8)13-11(17)14-10-5-6-18(15,16)7-10/h1-4,10H,5-7,12H2,(H2,13,14,17). The van der Waals surface area contributed by atoms with E-state index >= 15 is 0 Å². The van der Waals surface area contributed by atoms with E-state index in [4.69, 9.17) is 18.0 Å². The highest BCUT2D eigenvalue weighted by Crippen LogP contribution is 2.13. The Kier molecular flexibility index (Phi) is 3.72. The first-order valence-electron chi connectivity index (χ1n) is 5.58. The summed E-state index contributed by atoms with van der Waals surface area (Å²) in [5.74, 6) is 0.381. The van der Waals surface area contributed by atoms with E-state index in [1.54, 1.807) is 12.1 Å². The van der Waals surface area contributed by atoms with Crippen LogP contribution >= 0.6 is 12.2 Å². The van der Waals surface area contributed by atoms with Crippen molar-refractivity contribution in [2.75, 3.05) is 22.6 Å². The summed E-state index contributed by atoms with van der Waals surface area (Å²) in [5.41, 5.74) is 7.08. The number of nitrogen functional groups attached to an aromatic ring is 1. The summed E-state index contributed by atoms with van der Waals surface area (Å²) >= 11 is 5.13. The number of nitrogens with two attached hydrogens (primary N) is 1. The Balaban J connectivity index is 1.88. The maximum Gasteiger partial charge on any atom is 0.171 e. The van der Waals surface area contributed by atoms with E-state index < -0.39 is 9.84 Å². The summed E-state index contributed by atoms with van der Waals surface area (Å²) < 4.78 is 22.6. The summed E-state index contributed by atoms with van der Waals surface area (Å²) in [5, 5.41) is 6.43. The number of hydrogen-bond acceptors (Lipinski definition) is 4. The maximum absolute atomic E-state index is 11.3. The van der Waals surface area contributed by atoms with Crippen LogP contribution in [0.15, 0.2) is 24.3 Å². The quantitative estimate of drug-likeness (QED) is 0.549. The fraction of sp³-hybridized carbons (Fsp3) is 0.364. The second-order valence-corrected chi connectivity index (χ2v) is 6.96. The van der Waals surface area contributed by atoms with Gasteiger partial charge in [-0.1, -0.05) is 0 Å². The maximum atomic E-state index is 11.3. The lowest BCUT2D eigenvalue weighted by molar-refractivity contribution is 0.600. The van der Waals surface area contributed by atoms with Gasteiger partial charge in [0.25, 0.3) is 0 Å². The molecule has 1 atom stereocenters. The molecule has 1 aromatic rings. The van der Waals surface area contributed by atoms with Crippen molar-refractivity contribution < 1.29 is 8.42 Å². The lowest BCUT2D eigenvalue weighted by atomic mass is 10.2. The summed E-state index contributed by atoms with van der Waals surface area (Å²) in [6, 6.07) is 7.07. The molecule has 0 spiro atoms. The molecule has 1 unspecified atom stereocenters. The van der Waals surface area contributed by atoms with Crippen LogP contribution in [-0.2, 0) is 9.84 Å². The average Bonchev–Trinajstić information content (AvgIpc) is 2.61. The third-order valence-electron chi connectivity index (χ3n) is 2.74. The molecule has 1 aliphatic heterocycles. The molecular weight excluding hydrogens is 270 g/mol. The van der Waals surface area contributed by atoms with Gasteiger partial charge in [0.05, 0.1) is 11.5 Å². The third kappa shape index (κ3) is 3.58. The van der Waals surface area contributed by atoms with Gasteiger partial charge >= 0.3 is 0 Å². The van der Waals surface area contributed by atoms with Gasteiger partial charge in [-0.15, -0.1) is 0 Å². The zero-order chi connectivity index (χ0) is 13.2. The van der Waals surface area contributed by atoms with Crippen LogP contribution in [0.1, 0.15) is 6.42 Å². The van der Waals surface area contributed by atoms with E-state index in [9.17, 15) is 8.42 Å². The van der Waals surface area contributed by atoms with Gasteiger partial charge in [0.2, 0.25) is 0 Å². The molecule has 0 aromatic heterocycles. The van der Waals surface area contributed by atoms with Gasteiger partial charge in [0.15, 0.2) is 14.9 Å². The van der Waals surface area contributed by atoms with Crippen molar-refractivity contribution in [2.45, 2.75) is 12.5 Å². The molecule has 0 amide bonds. The molecule has 0 aliphatic carbocycles. The van der Waals surface area contributed by atoms with Crippen molar-refractivity contribution in [3.63, 3.8) is 0 Å². The van der Waals surface area contributed by atoms with Crippen LogP contribution in [0, 0.1) is 0 Å². The average molecular weight is 285 g/mol. The zero-order valence-electron chi connectivity index (χ0n) is 9.72. The van der Waals surface area contributed by atoms with Crippen molar-refractivity contribution in [1.29, 1.82) is 0 Å². The summed E-state index contributed by atoms with van der Waals surface area (Å²) in [6.45, 7) is 0. The minimum atomic E-state index is -2.89. The third-order valence-corrected chi connectivity index (χ3v) is 4.72. The number of rotatable bonds is 2. The normalized spacial score (nSPS) is 21.4. The van der Waals surface area contributed by atoms with Crippen molar-refractivity contribution in [1.82, 2.24) is 5.32 Å². The molecule has 18 heavy (non-hydrogen) atoms. The Morgan fingerprint density at radius 3 is 2.56 bits per heavy atom. The zero-order valence-corrected chi connectivity index (χ0v) is 11.4. The van der Waals surface area contributed by atoms with E-state index in [1.807, 2.05) is 12.1 Å². The topological polar surface area (TPSA) is 84.2 Å². The van der Waals surface area contributed by atoms with Crippen LogP contribution < -0.4 is 16.4 Å². The van der Waals surface area contributed by atoms with Crippen molar-refractivity contribution in [3.05, 3.63) is 24.3 Å². The van der Waals surface area contributed by atoms with Crippen LogP contribution in [0.5, 0.6) is 0 Å². The van der Waals surface area contributed by atoms with Gasteiger partial charge in [-0.05, 0) is 42.9 Å². The Morgan fingerprint density at radius 1 is 1.33 bits per heavy atom. The van der Waals surface area contributed by atoms with Crippen LogP contribution in [0.3, 0.4) is 0 Å². The van der Waals surface area contributed by atoms with Crippen molar-refractivity contribution in [2.24, 2.45) is 0 Å². The molecule has 1 fully saturated rings. The summed E-state index contributed by atoms with van der Waals surface area (Å²) in [6.07, 6.45) is 0.603. The minimum absolute atomic E-state index is 0.0937. The molecule has 0 bridgehead atoms. The molecule has 1 heterocycles. The fourth-order valence-corrected chi connectivity index (χ4v) is 3.79. The van der Waals surface area contributed by atoms with Crippen LogP contribution in [0.2, 0.25) is 0 Å². The lowest BCUT2D eigenvalue weighted by Crippen LogP contribution is -2.38. The highest BCUT2D eigenvalue weighted by Gasteiger charge is 2.28. The number of anilines is 2. The van der Waals surface area contributed by atoms with Gasteiger partial charge in [0, 0.05) is 17.4 Å². The first-order valence-corrected chi connectivity index (χ1v) is 7.81. The molecule has 4 N–H and O–H groups in total. The van der Waals surface area contributed by atoms with Crippen LogP contribution in [0.25, 0.3) is 0 Å². The first-order chi connectivity index (χ1) is 8.44. The smallest absolute Gasteiger partial charge is 0.171 e. The monoisotopic (exact) mass is 285 g/mol. The Labute approximate surface area is 112 Å². The van der Waals surface area contributed by atoms with Gasteiger partial charge in [-0.25, -0.2) is 8.42 Å². The Morgan fingerprint density at radius 2 is 2.00 bits per heavy atom. The van der Waals surface area contributed by atoms with E-state index in [2.05, 4.69) is 10.6 Å². The lowest BCUT2D eigenvalue weighted by Gasteiger charge is -2.14.